The van der Waals surface area contributed by atoms with E-state index in [0.29, 0.717) is 16.5 Å². The average molecular weight is 317 g/mol. The fraction of sp³-hybridized carbons (Fsp3) is 0.714. The van der Waals surface area contributed by atoms with Crippen molar-refractivity contribution < 1.29 is 13.5 Å². The molecule has 0 amide bonds. The molecule has 1 aliphatic rings. The molecule has 0 aliphatic heterocycles. The number of thiophene rings is 1. The van der Waals surface area contributed by atoms with E-state index in [-0.39, 0.29) is 12.6 Å². The molecule has 1 aliphatic carbocycles. The van der Waals surface area contributed by atoms with Gasteiger partial charge in [-0.2, -0.15) is 0 Å². The molecule has 1 aromatic rings. The Bertz CT molecular complexity index is 524. The maximum absolute atomic E-state index is 12.4. The van der Waals surface area contributed by atoms with Gasteiger partial charge in [-0.05, 0) is 30.9 Å². The van der Waals surface area contributed by atoms with Crippen LogP contribution in [-0.4, -0.2) is 26.2 Å². The molecular weight excluding hydrogens is 294 g/mol. The van der Waals surface area contributed by atoms with Gasteiger partial charge >= 0.3 is 0 Å². The fourth-order valence-electron chi connectivity index (χ4n) is 2.86. The van der Waals surface area contributed by atoms with Crippen molar-refractivity contribution in [1.82, 2.24) is 4.72 Å². The maximum Gasteiger partial charge on any atom is 0.250 e. The van der Waals surface area contributed by atoms with Crippen molar-refractivity contribution in [3.8, 4) is 0 Å². The molecule has 2 unspecified atom stereocenters. The van der Waals surface area contributed by atoms with Gasteiger partial charge in [0, 0.05) is 23.9 Å². The summed E-state index contributed by atoms with van der Waals surface area (Å²) in [6, 6.07) is 3.50. The van der Waals surface area contributed by atoms with Crippen molar-refractivity contribution in [3.05, 3.63) is 17.0 Å². The minimum atomic E-state index is -3.41. The number of sulfonamides is 1. The van der Waals surface area contributed by atoms with Gasteiger partial charge in [0.05, 0.1) is 0 Å². The summed E-state index contributed by atoms with van der Waals surface area (Å²) in [7, 11) is -3.41. The van der Waals surface area contributed by atoms with E-state index in [1.54, 1.807) is 12.1 Å². The van der Waals surface area contributed by atoms with Crippen molar-refractivity contribution in [2.24, 2.45) is 5.92 Å². The molecule has 1 heterocycles. The zero-order chi connectivity index (χ0) is 14.6. The molecule has 114 valence electrons. The number of rotatable bonds is 6. The van der Waals surface area contributed by atoms with Crippen LogP contribution in [0.25, 0.3) is 0 Å². The number of aliphatic hydroxyl groups is 1. The van der Waals surface area contributed by atoms with Crippen LogP contribution < -0.4 is 4.72 Å². The molecule has 0 radical (unpaired) electrons. The van der Waals surface area contributed by atoms with Crippen LogP contribution in [0.1, 0.15) is 43.9 Å². The highest BCUT2D eigenvalue weighted by molar-refractivity contribution is 7.91. The van der Waals surface area contributed by atoms with Crippen LogP contribution in [0.4, 0.5) is 0 Å². The quantitative estimate of drug-likeness (QED) is 0.847. The summed E-state index contributed by atoms with van der Waals surface area (Å²) in [4.78, 5) is 0.906. The van der Waals surface area contributed by atoms with Crippen LogP contribution in [0.15, 0.2) is 16.3 Å². The van der Waals surface area contributed by atoms with Gasteiger partial charge in [-0.1, -0.05) is 26.2 Å². The van der Waals surface area contributed by atoms with E-state index in [1.807, 2.05) is 0 Å². The summed E-state index contributed by atoms with van der Waals surface area (Å²) >= 11 is 1.25. The SMILES string of the molecule is CCC1CCCCC1NS(=O)(=O)c1ccc(CCO)s1. The number of aliphatic hydroxyl groups excluding tert-OH is 1. The van der Waals surface area contributed by atoms with E-state index in [9.17, 15) is 8.42 Å². The largest absolute Gasteiger partial charge is 0.396 e. The molecule has 2 rings (SSSR count). The van der Waals surface area contributed by atoms with Crippen molar-refractivity contribution in [2.45, 2.75) is 55.7 Å². The van der Waals surface area contributed by atoms with Gasteiger partial charge in [0.2, 0.25) is 10.0 Å². The lowest BCUT2D eigenvalue weighted by Gasteiger charge is -2.31. The Kier molecular flexibility index (Phi) is 5.60. The minimum absolute atomic E-state index is 0.0496. The zero-order valence-electron chi connectivity index (χ0n) is 11.8. The van der Waals surface area contributed by atoms with Crippen molar-refractivity contribution >= 4 is 21.4 Å². The summed E-state index contributed by atoms with van der Waals surface area (Å²) in [6.45, 7) is 2.18. The highest BCUT2D eigenvalue weighted by Crippen LogP contribution is 2.29. The van der Waals surface area contributed by atoms with Crippen molar-refractivity contribution in [1.29, 1.82) is 0 Å². The summed E-state index contributed by atoms with van der Waals surface area (Å²) in [5.74, 6) is 0.454. The number of hydrogen-bond acceptors (Lipinski definition) is 4. The van der Waals surface area contributed by atoms with Gasteiger partial charge in [0.15, 0.2) is 0 Å². The van der Waals surface area contributed by atoms with Crippen LogP contribution in [-0.2, 0) is 16.4 Å². The second-order valence-corrected chi connectivity index (χ2v) is 8.48. The van der Waals surface area contributed by atoms with Crippen LogP contribution >= 0.6 is 11.3 Å². The Morgan fingerprint density at radius 2 is 2.10 bits per heavy atom. The summed E-state index contributed by atoms with van der Waals surface area (Å²) < 4.78 is 28.1. The van der Waals surface area contributed by atoms with Gasteiger partial charge in [0.25, 0.3) is 0 Å². The number of hydrogen-bond donors (Lipinski definition) is 2. The summed E-state index contributed by atoms with van der Waals surface area (Å²) in [5, 5.41) is 8.90. The predicted octanol–water partition coefficient (Wildman–Crippen LogP) is 2.53. The van der Waals surface area contributed by atoms with Crippen molar-refractivity contribution in [3.63, 3.8) is 0 Å². The lowest BCUT2D eigenvalue weighted by molar-refractivity contribution is 0.282. The molecule has 2 N–H and O–H groups in total. The smallest absolute Gasteiger partial charge is 0.250 e. The first kappa shape index (κ1) is 15.9. The summed E-state index contributed by atoms with van der Waals surface area (Å²) in [6.07, 6.45) is 5.89. The standard InChI is InChI=1S/C14H23NO3S2/c1-2-11-5-3-4-6-13(11)15-20(17,18)14-8-7-12(19-14)9-10-16/h7-8,11,13,15-16H,2-6,9-10H2,1H3. The minimum Gasteiger partial charge on any atom is -0.396 e. The maximum atomic E-state index is 12.4. The van der Waals surface area contributed by atoms with E-state index in [0.717, 1.165) is 30.6 Å². The first-order valence-electron chi connectivity index (χ1n) is 7.28. The molecule has 20 heavy (non-hydrogen) atoms. The third kappa shape index (κ3) is 3.81. The molecule has 0 aromatic carbocycles. The molecule has 6 heteroatoms. The molecule has 1 saturated carbocycles. The fourth-order valence-corrected chi connectivity index (χ4v) is 5.56. The normalized spacial score (nSPS) is 23.9. The van der Waals surface area contributed by atoms with Gasteiger partial charge in [-0.15, -0.1) is 11.3 Å². The number of nitrogens with one attached hydrogen (secondary N) is 1. The molecule has 2 atom stereocenters. The molecule has 1 fully saturated rings. The summed E-state index contributed by atoms with van der Waals surface area (Å²) in [5.41, 5.74) is 0. The van der Waals surface area contributed by atoms with Gasteiger partial charge in [0.1, 0.15) is 4.21 Å². The molecule has 0 spiro atoms. The molecule has 4 nitrogen and oxygen atoms in total. The molecule has 0 saturated heterocycles. The van der Waals surface area contributed by atoms with Gasteiger partial charge in [-0.3, -0.25) is 0 Å². The van der Waals surface area contributed by atoms with Crippen LogP contribution in [0.2, 0.25) is 0 Å². The van der Waals surface area contributed by atoms with Crippen LogP contribution in [0.3, 0.4) is 0 Å². The van der Waals surface area contributed by atoms with Gasteiger partial charge in [-0.25, -0.2) is 13.1 Å². The second kappa shape index (κ2) is 7.02. The second-order valence-electron chi connectivity index (χ2n) is 5.37. The molecule has 0 bridgehead atoms. The highest BCUT2D eigenvalue weighted by Gasteiger charge is 2.29. The van der Waals surface area contributed by atoms with Crippen molar-refractivity contribution in [2.75, 3.05) is 6.61 Å². The zero-order valence-corrected chi connectivity index (χ0v) is 13.5. The molecule has 1 aromatic heterocycles. The lowest BCUT2D eigenvalue weighted by Crippen LogP contribution is -2.41. The Morgan fingerprint density at radius 3 is 2.80 bits per heavy atom. The third-order valence-corrected chi connectivity index (χ3v) is 7.13. The van der Waals surface area contributed by atoms with E-state index >= 15 is 0 Å². The average Bonchev–Trinajstić information content (AvgIpc) is 2.89. The lowest BCUT2D eigenvalue weighted by atomic mass is 9.83. The van der Waals surface area contributed by atoms with E-state index < -0.39 is 10.0 Å². The Labute approximate surface area is 125 Å². The molecular formula is C14H23NO3S2. The van der Waals surface area contributed by atoms with Crippen LogP contribution in [0.5, 0.6) is 0 Å². The first-order valence-corrected chi connectivity index (χ1v) is 9.58. The van der Waals surface area contributed by atoms with Gasteiger partial charge < -0.3 is 5.11 Å². The van der Waals surface area contributed by atoms with Crippen LogP contribution in [0, 0.1) is 5.92 Å². The van der Waals surface area contributed by atoms with E-state index in [1.165, 1.54) is 17.8 Å². The van der Waals surface area contributed by atoms with E-state index in [2.05, 4.69) is 11.6 Å². The highest BCUT2D eigenvalue weighted by atomic mass is 32.2. The predicted molar refractivity (Wildman–Crippen MR) is 81.5 cm³/mol. The Balaban J connectivity index is 2.09. The Hall–Kier alpha value is -0.430. The van der Waals surface area contributed by atoms with E-state index in [4.69, 9.17) is 5.11 Å². The third-order valence-electron chi connectivity index (χ3n) is 4.00. The topological polar surface area (TPSA) is 66.4 Å². The monoisotopic (exact) mass is 317 g/mol. The first-order chi connectivity index (χ1) is 9.56. The Morgan fingerprint density at radius 1 is 1.35 bits per heavy atom.